The van der Waals surface area contributed by atoms with Crippen molar-refractivity contribution in [2.45, 2.75) is 77.0 Å². The quantitative estimate of drug-likeness (QED) is 0.0948. The van der Waals surface area contributed by atoms with Crippen LogP contribution in [0.5, 0.6) is 0 Å². The van der Waals surface area contributed by atoms with Crippen molar-refractivity contribution >= 4 is 47.1 Å². The molecule has 14 heteroatoms. The van der Waals surface area contributed by atoms with Gasteiger partial charge in [0.2, 0.25) is 29.5 Å². The van der Waals surface area contributed by atoms with Crippen molar-refractivity contribution in [3.05, 3.63) is 34.9 Å². The van der Waals surface area contributed by atoms with E-state index in [9.17, 15) is 24.0 Å². The van der Waals surface area contributed by atoms with Crippen molar-refractivity contribution in [1.82, 2.24) is 20.9 Å². The van der Waals surface area contributed by atoms with Gasteiger partial charge < -0.3 is 38.1 Å². The maximum atomic E-state index is 13.7. The van der Waals surface area contributed by atoms with Crippen molar-refractivity contribution in [3.63, 3.8) is 0 Å². The molecule has 0 aliphatic carbocycles. The highest BCUT2D eigenvalue weighted by atomic mass is 35.5. The third-order valence-electron chi connectivity index (χ3n) is 6.72. The van der Waals surface area contributed by atoms with Crippen molar-refractivity contribution in [2.75, 3.05) is 13.1 Å². The molecular weight excluding hydrogens is 552 g/mol. The summed E-state index contributed by atoms with van der Waals surface area (Å²) in [5, 5.41) is 8.60. The molecule has 0 aromatic heterocycles. The Morgan fingerprint density at radius 3 is 2.20 bits per heavy atom. The van der Waals surface area contributed by atoms with Crippen molar-refractivity contribution in [1.29, 1.82) is 0 Å². The Hall–Kier alpha value is -3.87. The van der Waals surface area contributed by atoms with Crippen molar-refractivity contribution < 1.29 is 24.0 Å². The molecule has 1 saturated heterocycles. The number of guanidine groups is 1. The standard InChI is InChI=1S/C27H41ClN8O5/c1-15(2)22(33-16(3)37)25(40)34-19(6-4-12-32-27(30)31)24(39)35-20(14-17-8-10-18(28)11-9-17)26(41)36-13-5-7-21(36)23(29)38/h8-11,15,19-22H,4-7,12-14H2,1-3H3,(H2,29,38)(H,33,37)(H,34,40)(H,35,39)(H4,30,31,32)/t19-,20+,21+,22-/m0/s1. The summed E-state index contributed by atoms with van der Waals surface area (Å²) in [7, 11) is 0. The van der Waals surface area contributed by atoms with E-state index in [0.29, 0.717) is 30.8 Å². The number of halogens is 1. The van der Waals surface area contributed by atoms with Gasteiger partial charge in [0.05, 0.1) is 0 Å². The van der Waals surface area contributed by atoms with Crippen LogP contribution in [-0.2, 0) is 30.4 Å². The van der Waals surface area contributed by atoms with E-state index in [1.807, 2.05) is 0 Å². The number of benzene rings is 1. The second-order valence-corrected chi connectivity index (χ2v) is 10.9. The second kappa shape index (κ2) is 15.8. The van der Waals surface area contributed by atoms with Gasteiger partial charge in [0.25, 0.3) is 0 Å². The molecule has 13 nitrogen and oxygen atoms in total. The van der Waals surface area contributed by atoms with E-state index in [-0.39, 0.29) is 31.3 Å². The van der Waals surface area contributed by atoms with Crippen LogP contribution in [0.2, 0.25) is 5.02 Å². The summed E-state index contributed by atoms with van der Waals surface area (Å²) in [5.41, 5.74) is 17.1. The predicted octanol–water partition coefficient (Wildman–Crippen LogP) is -0.457. The first-order valence-corrected chi connectivity index (χ1v) is 13.9. The zero-order valence-electron chi connectivity index (χ0n) is 23.7. The number of nitrogens with two attached hydrogens (primary N) is 3. The zero-order valence-corrected chi connectivity index (χ0v) is 24.4. The van der Waals surface area contributed by atoms with Gasteiger partial charge in [-0.3, -0.25) is 29.0 Å². The summed E-state index contributed by atoms with van der Waals surface area (Å²) in [5.74, 6) is -3.00. The highest BCUT2D eigenvalue weighted by Gasteiger charge is 2.38. The summed E-state index contributed by atoms with van der Waals surface area (Å²) in [4.78, 5) is 69.4. The van der Waals surface area contributed by atoms with Gasteiger partial charge in [-0.15, -0.1) is 0 Å². The van der Waals surface area contributed by atoms with Crippen LogP contribution in [0.15, 0.2) is 29.3 Å². The molecule has 2 rings (SSSR count). The molecule has 1 aromatic rings. The maximum absolute atomic E-state index is 13.7. The van der Waals surface area contributed by atoms with E-state index in [0.717, 1.165) is 5.56 Å². The average molecular weight is 593 g/mol. The topological polar surface area (TPSA) is 215 Å². The fourth-order valence-corrected chi connectivity index (χ4v) is 4.77. The Labute approximate surface area is 245 Å². The van der Waals surface area contributed by atoms with Crippen LogP contribution in [0.1, 0.15) is 52.0 Å². The van der Waals surface area contributed by atoms with Crippen molar-refractivity contribution in [3.8, 4) is 0 Å². The minimum atomic E-state index is -1.07. The summed E-state index contributed by atoms with van der Waals surface area (Å²) in [6.45, 7) is 5.36. The Balaban J connectivity index is 2.33. The average Bonchev–Trinajstić information content (AvgIpc) is 3.39. The van der Waals surface area contributed by atoms with Crippen molar-refractivity contribution in [2.24, 2.45) is 28.1 Å². The van der Waals surface area contributed by atoms with Gasteiger partial charge >= 0.3 is 0 Å². The number of amides is 5. The maximum Gasteiger partial charge on any atom is 0.246 e. The lowest BCUT2D eigenvalue weighted by Gasteiger charge is -2.30. The molecule has 0 bridgehead atoms. The number of carbonyl (C=O) groups excluding carboxylic acids is 5. The third-order valence-corrected chi connectivity index (χ3v) is 6.97. The van der Waals surface area contributed by atoms with Gasteiger partial charge in [0.1, 0.15) is 24.2 Å². The monoisotopic (exact) mass is 592 g/mol. The number of primary amides is 1. The summed E-state index contributed by atoms with van der Waals surface area (Å²) >= 11 is 6.01. The molecule has 0 unspecified atom stereocenters. The summed E-state index contributed by atoms with van der Waals surface area (Å²) in [6.07, 6.45) is 1.64. The number of hydrogen-bond donors (Lipinski definition) is 6. The molecule has 0 radical (unpaired) electrons. The van der Waals surface area contributed by atoms with Gasteiger partial charge in [-0.25, -0.2) is 0 Å². The number of rotatable bonds is 14. The molecule has 0 saturated carbocycles. The largest absolute Gasteiger partial charge is 0.370 e. The van der Waals surface area contributed by atoms with E-state index in [1.165, 1.54) is 11.8 Å². The Bertz CT molecular complexity index is 1120. The molecule has 0 spiro atoms. The lowest BCUT2D eigenvalue weighted by atomic mass is 10.0. The van der Waals surface area contributed by atoms with Crippen LogP contribution in [0.3, 0.4) is 0 Å². The SMILES string of the molecule is CC(=O)N[C@H](C(=O)N[C@@H](CCCN=C(N)N)C(=O)N[C@H](Cc1ccc(Cl)cc1)C(=O)N1CCC[C@@H]1C(N)=O)C(C)C. The van der Waals surface area contributed by atoms with Gasteiger partial charge in [-0.05, 0) is 49.3 Å². The normalized spacial score (nSPS) is 16.8. The van der Waals surface area contributed by atoms with Gasteiger partial charge in [-0.1, -0.05) is 37.6 Å². The number of likely N-dealkylation sites (tertiary alicyclic amines) is 1. The zero-order chi connectivity index (χ0) is 30.7. The van der Waals surface area contributed by atoms with Gasteiger partial charge in [0.15, 0.2) is 5.96 Å². The Morgan fingerprint density at radius 2 is 1.63 bits per heavy atom. The molecule has 9 N–H and O–H groups in total. The second-order valence-electron chi connectivity index (χ2n) is 10.4. The number of nitrogens with one attached hydrogen (secondary N) is 3. The lowest BCUT2D eigenvalue weighted by molar-refractivity contribution is -0.141. The van der Waals surface area contributed by atoms with Crippen LogP contribution in [0, 0.1) is 5.92 Å². The molecule has 1 fully saturated rings. The molecule has 226 valence electrons. The molecule has 1 aliphatic heterocycles. The Kier molecular flexibility index (Phi) is 12.8. The highest BCUT2D eigenvalue weighted by Crippen LogP contribution is 2.20. The van der Waals surface area contributed by atoms with Gasteiger partial charge in [-0.2, -0.15) is 0 Å². The number of nitrogens with zero attached hydrogens (tertiary/aromatic N) is 2. The molecule has 1 aliphatic rings. The molecule has 1 aromatic carbocycles. The van der Waals surface area contributed by atoms with Crippen LogP contribution in [0.4, 0.5) is 0 Å². The highest BCUT2D eigenvalue weighted by molar-refractivity contribution is 6.30. The van der Waals surface area contributed by atoms with Crippen LogP contribution in [-0.4, -0.2) is 77.7 Å². The fourth-order valence-electron chi connectivity index (χ4n) is 4.64. The first-order chi connectivity index (χ1) is 19.3. The van der Waals surface area contributed by atoms with E-state index in [1.54, 1.807) is 38.1 Å². The minimum absolute atomic E-state index is 0.108. The molecule has 1 heterocycles. The van der Waals surface area contributed by atoms with E-state index < -0.39 is 53.7 Å². The number of carbonyl (C=O) groups is 5. The number of aliphatic imine (C=N–C) groups is 1. The molecule has 5 amide bonds. The number of hydrogen-bond acceptors (Lipinski definition) is 6. The predicted molar refractivity (Wildman–Crippen MR) is 155 cm³/mol. The fraction of sp³-hybridized carbons (Fsp3) is 0.556. The van der Waals surface area contributed by atoms with E-state index in [2.05, 4.69) is 20.9 Å². The van der Waals surface area contributed by atoms with E-state index >= 15 is 0 Å². The Morgan fingerprint density at radius 1 is 1.00 bits per heavy atom. The van der Waals surface area contributed by atoms with Gasteiger partial charge in [0, 0.05) is 31.5 Å². The van der Waals surface area contributed by atoms with Crippen LogP contribution >= 0.6 is 11.6 Å². The first-order valence-electron chi connectivity index (χ1n) is 13.6. The van der Waals surface area contributed by atoms with Crippen LogP contribution < -0.4 is 33.2 Å². The summed E-state index contributed by atoms with van der Waals surface area (Å²) in [6, 6.07) is 3.03. The lowest BCUT2D eigenvalue weighted by Crippen LogP contribution is -2.59. The molecule has 4 atom stereocenters. The smallest absolute Gasteiger partial charge is 0.246 e. The minimum Gasteiger partial charge on any atom is -0.370 e. The first kappa shape index (κ1) is 33.3. The third kappa shape index (κ3) is 10.6. The molecular formula is C27H41ClN8O5. The van der Waals surface area contributed by atoms with E-state index in [4.69, 9.17) is 28.8 Å². The molecule has 41 heavy (non-hydrogen) atoms. The van der Waals surface area contributed by atoms with Crippen LogP contribution in [0.25, 0.3) is 0 Å². The summed E-state index contributed by atoms with van der Waals surface area (Å²) < 4.78 is 0.